The van der Waals surface area contributed by atoms with E-state index in [2.05, 4.69) is 5.32 Å². The molecule has 21 heavy (non-hydrogen) atoms. The maximum absolute atomic E-state index is 14.0. The van der Waals surface area contributed by atoms with Crippen molar-refractivity contribution >= 4 is 0 Å². The van der Waals surface area contributed by atoms with Crippen molar-refractivity contribution in [2.75, 3.05) is 7.05 Å². The second-order valence-electron chi connectivity index (χ2n) is 5.96. The Labute approximate surface area is 122 Å². The number of halogens is 4. The molecular weight excluding hydrogens is 282 g/mol. The first-order chi connectivity index (χ1) is 9.82. The summed E-state index contributed by atoms with van der Waals surface area (Å²) < 4.78 is 52.8. The maximum atomic E-state index is 14.0. The van der Waals surface area contributed by atoms with Gasteiger partial charge < -0.3 is 5.32 Å². The number of hydrogen-bond donors (Lipinski definition) is 1. The first kappa shape index (κ1) is 16.3. The van der Waals surface area contributed by atoms with Crippen molar-refractivity contribution in [3.05, 3.63) is 35.1 Å². The van der Waals surface area contributed by atoms with Crippen LogP contribution in [0, 0.1) is 24.6 Å². The number of nitrogens with one attached hydrogen (secondary N) is 1. The molecule has 1 nitrogen and oxygen atoms in total. The topological polar surface area (TPSA) is 12.0 Å². The molecule has 0 amide bonds. The minimum atomic E-state index is -4.15. The third-order valence-electron chi connectivity index (χ3n) is 4.45. The number of hydrogen-bond acceptors (Lipinski definition) is 1. The second-order valence-corrected chi connectivity index (χ2v) is 5.96. The third-order valence-corrected chi connectivity index (χ3v) is 4.45. The molecule has 0 saturated heterocycles. The van der Waals surface area contributed by atoms with Gasteiger partial charge in [0.25, 0.3) is 0 Å². The molecule has 1 aliphatic carbocycles. The average molecular weight is 303 g/mol. The monoisotopic (exact) mass is 303 g/mol. The van der Waals surface area contributed by atoms with E-state index in [1.165, 1.54) is 6.07 Å². The largest absolute Gasteiger partial charge is 0.391 e. The summed E-state index contributed by atoms with van der Waals surface area (Å²) in [7, 11) is 1.68. The fourth-order valence-corrected chi connectivity index (χ4v) is 3.37. The normalized spacial score (nSPS) is 24.9. The molecule has 5 heteroatoms. The zero-order valence-corrected chi connectivity index (χ0v) is 12.3. The lowest BCUT2D eigenvalue weighted by Crippen LogP contribution is -2.35. The van der Waals surface area contributed by atoms with Crippen LogP contribution in [-0.2, 0) is 0 Å². The number of alkyl halides is 3. The van der Waals surface area contributed by atoms with Gasteiger partial charge in [0.1, 0.15) is 5.82 Å². The van der Waals surface area contributed by atoms with Crippen molar-refractivity contribution in [2.24, 2.45) is 11.8 Å². The third kappa shape index (κ3) is 3.76. The van der Waals surface area contributed by atoms with Crippen molar-refractivity contribution in [1.29, 1.82) is 0 Å². The minimum absolute atomic E-state index is 0.0718. The van der Waals surface area contributed by atoms with Crippen LogP contribution in [0.25, 0.3) is 0 Å². The van der Waals surface area contributed by atoms with Crippen molar-refractivity contribution in [2.45, 2.75) is 44.8 Å². The SMILES string of the molecule is CNC(c1cc(C)ccc1F)C1CCCC(C(F)(F)F)C1. The number of rotatable bonds is 3. The van der Waals surface area contributed by atoms with E-state index in [1.807, 2.05) is 6.92 Å². The van der Waals surface area contributed by atoms with Crippen LogP contribution >= 0.6 is 0 Å². The van der Waals surface area contributed by atoms with Crippen molar-refractivity contribution in [3.63, 3.8) is 0 Å². The average Bonchev–Trinajstić information content (AvgIpc) is 2.43. The molecule has 0 spiro atoms. The highest BCUT2D eigenvalue weighted by Crippen LogP contribution is 2.44. The first-order valence-electron chi connectivity index (χ1n) is 7.33. The van der Waals surface area contributed by atoms with E-state index in [4.69, 9.17) is 0 Å². The summed E-state index contributed by atoms with van der Waals surface area (Å²) in [6, 6.07) is 4.42. The zero-order chi connectivity index (χ0) is 15.6. The summed E-state index contributed by atoms with van der Waals surface area (Å²) >= 11 is 0. The molecule has 0 bridgehead atoms. The van der Waals surface area contributed by atoms with Gasteiger partial charge in [-0.15, -0.1) is 0 Å². The molecule has 0 aliphatic heterocycles. The fraction of sp³-hybridized carbons (Fsp3) is 0.625. The molecular formula is C16H21F4N. The predicted molar refractivity (Wildman–Crippen MR) is 74.4 cm³/mol. The molecule has 0 heterocycles. The quantitative estimate of drug-likeness (QED) is 0.794. The standard InChI is InChI=1S/C16H21F4N/c1-10-6-7-14(17)13(8-10)15(21-2)11-4-3-5-12(9-11)16(18,19)20/h6-8,11-12,15,21H,3-5,9H2,1-2H3. The summed E-state index contributed by atoms with van der Waals surface area (Å²) in [5, 5.41) is 3.02. The van der Waals surface area contributed by atoms with E-state index >= 15 is 0 Å². The Balaban J connectivity index is 2.23. The van der Waals surface area contributed by atoms with Gasteiger partial charge in [-0.25, -0.2) is 4.39 Å². The summed E-state index contributed by atoms with van der Waals surface area (Å²) in [5.74, 6) is -1.80. The van der Waals surface area contributed by atoms with Gasteiger partial charge in [-0.2, -0.15) is 13.2 Å². The van der Waals surface area contributed by atoms with Crippen molar-refractivity contribution < 1.29 is 17.6 Å². The molecule has 1 aromatic carbocycles. The Kier molecular flexibility index (Phi) is 4.91. The highest BCUT2D eigenvalue weighted by molar-refractivity contribution is 5.27. The Bertz CT molecular complexity index is 484. The molecule has 2 rings (SSSR count). The number of benzene rings is 1. The van der Waals surface area contributed by atoms with Crippen LogP contribution in [0.2, 0.25) is 0 Å². The van der Waals surface area contributed by atoms with Crippen LogP contribution in [-0.4, -0.2) is 13.2 Å². The Hall–Kier alpha value is -1.10. The predicted octanol–water partition coefficient (Wildman–Crippen LogP) is 4.76. The van der Waals surface area contributed by atoms with Gasteiger partial charge in [0.05, 0.1) is 5.92 Å². The maximum Gasteiger partial charge on any atom is 0.391 e. The van der Waals surface area contributed by atoms with Gasteiger partial charge in [0, 0.05) is 11.6 Å². The first-order valence-corrected chi connectivity index (χ1v) is 7.33. The van der Waals surface area contributed by atoms with E-state index < -0.39 is 12.1 Å². The van der Waals surface area contributed by atoms with Crippen LogP contribution in [0.4, 0.5) is 17.6 Å². The molecule has 1 fully saturated rings. The summed E-state index contributed by atoms with van der Waals surface area (Å²) in [6.45, 7) is 1.86. The van der Waals surface area contributed by atoms with Crippen LogP contribution in [0.15, 0.2) is 18.2 Å². The summed E-state index contributed by atoms with van der Waals surface area (Å²) in [5.41, 5.74) is 1.39. The lowest BCUT2D eigenvalue weighted by Gasteiger charge is -2.35. The van der Waals surface area contributed by atoms with Crippen LogP contribution in [0.5, 0.6) is 0 Å². The molecule has 1 aromatic rings. The van der Waals surface area contributed by atoms with Crippen molar-refractivity contribution in [3.8, 4) is 0 Å². The smallest absolute Gasteiger partial charge is 0.313 e. The highest BCUT2D eigenvalue weighted by Gasteiger charge is 2.43. The summed E-state index contributed by atoms with van der Waals surface area (Å²) in [6.07, 6.45) is -2.65. The molecule has 3 atom stereocenters. The van der Waals surface area contributed by atoms with Crippen LogP contribution < -0.4 is 5.32 Å². The molecule has 1 N–H and O–H groups in total. The van der Waals surface area contributed by atoms with Gasteiger partial charge in [-0.3, -0.25) is 0 Å². The Morgan fingerprint density at radius 2 is 1.95 bits per heavy atom. The second kappa shape index (κ2) is 6.34. The minimum Gasteiger partial charge on any atom is -0.313 e. The highest BCUT2D eigenvalue weighted by atomic mass is 19.4. The molecule has 0 aromatic heterocycles. The molecule has 3 unspecified atom stereocenters. The van der Waals surface area contributed by atoms with Crippen LogP contribution in [0.1, 0.15) is 42.9 Å². The Morgan fingerprint density at radius 1 is 1.24 bits per heavy atom. The molecule has 1 saturated carbocycles. The number of aryl methyl sites for hydroxylation is 1. The van der Waals surface area contributed by atoms with E-state index in [0.717, 1.165) is 5.56 Å². The molecule has 1 aliphatic rings. The summed E-state index contributed by atoms with van der Waals surface area (Å²) in [4.78, 5) is 0. The van der Waals surface area contributed by atoms with E-state index in [9.17, 15) is 17.6 Å². The Morgan fingerprint density at radius 3 is 2.57 bits per heavy atom. The molecule has 0 radical (unpaired) electrons. The van der Waals surface area contributed by atoms with Crippen molar-refractivity contribution in [1.82, 2.24) is 5.32 Å². The van der Waals surface area contributed by atoms with Gasteiger partial charge >= 0.3 is 6.18 Å². The van der Waals surface area contributed by atoms with Gasteiger partial charge in [0.2, 0.25) is 0 Å². The molecule has 118 valence electrons. The lowest BCUT2D eigenvalue weighted by molar-refractivity contribution is -0.186. The van der Waals surface area contributed by atoms with E-state index in [-0.39, 0.29) is 30.6 Å². The van der Waals surface area contributed by atoms with Gasteiger partial charge in [-0.05, 0) is 45.2 Å². The van der Waals surface area contributed by atoms with Crippen LogP contribution in [0.3, 0.4) is 0 Å². The zero-order valence-electron chi connectivity index (χ0n) is 12.3. The lowest BCUT2D eigenvalue weighted by atomic mass is 9.75. The van der Waals surface area contributed by atoms with Gasteiger partial charge in [-0.1, -0.05) is 24.1 Å². The van der Waals surface area contributed by atoms with E-state index in [0.29, 0.717) is 18.4 Å². The fourth-order valence-electron chi connectivity index (χ4n) is 3.37. The van der Waals surface area contributed by atoms with Gasteiger partial charge in [0.15, 0.2) is 0 Å². The van der Waals surface area contributed by atoms with E-state index in [1.54, 1.807) is 19.2 Å².